The van der Waals surface area contributed by atoms with Gasteiger partial charge in [0.25, 0.3) is 0 Å². The average Bonchev–Trinajstić information content (AvgIpc) is 3.31. The molecule has 4 nitrogen and oxygen atoms in total. The third-order valence-electron chi connectivity index (χ3n) is 4.92. The fraction of sp³-hybridized carbons (Fsp3) is 0.350. The molecule has 0 unspecified atom stereocenters. The summed E-state index contributed by atoms with van der Waals surface area (Å²) in [4.78, 5) is 0.178. The number of aryl methyl sites for hydroxylation is 1. The van der Waals surface area contributed by atoms with Crippen molar-refractivity contribution >= 4 is 21.4 Å². The molecule has 0 radical (unpaired) electrons. The van der Waals surface area contributed by atoms with Crippen molar-refractivity contribution < 1.29 is 13.2 Å². The minimum atomic E-state index is -3.70. The largest absolute Gasteiger partial charge is 0.380 e. The average molecular weight is 390 g/mol. The van der Waals surface area contributed by atoms with Crippen molar-refractivity contribution in [3.8, 4) is 6.07 Å². The van der Waals surface area contributed by atoms with Crippen molar-refractivity contribution in [3.05, 3.63) is 64.7 Å². The summed E-state index contributed by atoms with van der Waals surface area (Å²) in [7, 11) is -3.70. The highest BCUT2D eigenvalue weighted by Gasteiger charge is 2.72. The van der Waals surface area contributed by atoms with Crippen LogP contribution < -0.4 is 0 Å². The Hall–Kier alpha value is -1.87. The molecule has 1 aliphatic carbocycles. The van der Waals surface area contributed by atoms with Crippen LogP contribution in [0.4, 0.5) is 0 Å². The van der Waals surface area contributed by atoms with E-state index in [0.29, 0.717) is 11.6 Å². The Kier molecular flexibility index (Phi) is 5.12. The standard InChI is InChI=1S/C20H20ClNO3S/c1-3-25-13-20(12-22)18(15-6-4-14(2)5-7-15)19(20)26(23,24)17-10-8-16(21)9-11-17/h4-11,18-19H,3,13H2,1-2H3/t18-,19+,20-/m1/s1. The van der Waals surface area contributed by atoms with Gasteiger partial charge < -0.3 is 4.74 Å². The summed E-state index contributed by atoms with van der Waals surface area (Å²) in [5.41, 5.74) is 0.849. The minimum absolute atomic E-state index is 0.0933. The zero-order chi connectivity index (χ0) is 18.9. The van der Waals surface area contributed by atoms with Crippen molar-refractivity contribution in [2.75, 3.05) is 13.2 Å². The van der Waals surface area contributed by atoms with Gasteiger partial charge in [-0.05, 0) is 43.7 Å². The number of hydrogen-bond donors (Lipinski definition) is 0. The fourth-order valence-corrected chi connectivity index (χ4v) is 5.92. The summed E-state index contributed by atoms with van der Waals surface area (Å²) in [6.07, 6.45) is 0. The predicted octanol–water partition coefficient (Wildman–Crippen LogP) is 4.13. The SMILES string of the molecule is CCOC[C@]1(C#N)[C@H](c2ccc(C)cc2)[C@@H]1S(=O)(=O)c1ccc(Cl)cc1. The number of halogens is 1. The maximum absolute atomic E-state index is 13.2. The molecule has 1 fully saturated rings. The molecule has 0 spiro atoms. The zero-order valence-corrected chi connectivity index (χ0v) is 16.2. The van der Waals surface area contributed by atoms with Gasteiger partial charge in [0.05, 0.1) is 22.8 Å². The zero-order valence-electron chi connectivity index (χ0n) is 14.6. The molecule has 0 aromatic heterocycles. The predicted molar refractivity (Wildman–Crippen MR) is 101 cm³/mol. The molecule has 0 saturated heterocycles. The van der Waals surface area contributed by atoms with E-state index in [2.05, 4.69) is 6.07 Å². The summed E-state index contributed by atoms with van der Waals surface area (Å²) >= 11 is 5.88. The summed E-state index contributed by atoms with van der Waals surface area (Å²) in [6, 6.07) is 16.0. The lowest BCUT2D eigenvalue weighted by molar-refractivity contribution is 0.117. The van der Waals surface area contributed by atoms with Crippen LogP contribution in [0.25, 0.3) is 0 Å². The van der Waals surface area contributed by atoms with Crippen LogP contribution in [0.3, 0.4) is 0 Å². The second-order valence-corrected chi connectivity index (χ2v) is 9.10. The van der Waals surface area contributed by atoms with Crippen molar-refractivity contribution in [2.24, 2.45) is 5.41 Å². The molecule has 2 aromatic rings. The highest BCUT2D eigenvalue weighted by molar-refractivity contribution is 7.92. The quantitative estimate of drug-likeness (QED) is 0.744. The maximum Gasteiger partial charge on any atom is 0.183 e. The number of ether oxygens (including phenoxy) is 1. The molecular weight excluding hydrogens is 370 g/mol. The van der Waals surface area contributed by atoms with Gasteiger partial charge in [0, 0.05) is 17.5 Å². The van der Waals surface area contributed by atoms with Gasteiger partial charge in [-0.2, -0.15) is 5.26 Å². The molecule has 26 heavy (non-hydrogen) atoms. The Bertz CT molecular complexity index is 933. The number of sulfone groups is 1. The van der Waals surface area contributed by atoms with Crippen molar-refractivity contribution in [3.63, 3.8) is 0 Å². The third kappa shape index (κ3) is 3.14. The van der Waals surface area contributed by atoms with Crippen LogP contribution in [0, 0.1) is 23.7 Å². The molecule has 1 aliphatic rings. The molecule has 0 N–H and O–H groups in total. The van der Waals surface area contributed by atoms with Crippen molar-refractivity contribution in [1.29, 1.82) is 5.26 Å². The van der Waals surface area contributed by atoms with Gasteiger partial charge in [-0.1, -0.05) is 41.4 Å². The molecule has 0 bridgehead atoms. The summed E-state index contributed by atoms with van der Waals surface area (Å²) < 4.78 is 32.0. The molecule has 136 valence electrons. The summed E-state index contributed by atoms with van der Waals surface area (Å²) in [5.74, 6) is -0.416. The number of hydrogen-bond acceptors (Lipinski definition) is 4. The van der Waals surface area contributed by atoms with E-state index in [4.69, 9.17) is 16.3 Å². The van der Waals surface area contributed by atoms with Gasteiger partial charge in [-0.3, -0.25) is 0 Å². The van der Waals surface area contributed by atoms with Crippen LogP contribution in [-0.4, -0.2) is 26.9 Å². The molecular formula is C20H20ClNO3S. The van der Waals surface area contributed by atoms with E-state index in [1.165, 1.54) is 12.1 Å². The van der Waals surface area contributed by atoms with Crippen LogP contribution >= 0.6 is 11.6 Å². The molecule has 1 saturated carbocycles. The Labute approximate surface area is 159 Å². The Morgan fingerprint density at radius 3 is 2.31 bits per heavy atom. The second-order valence-electron chi connectivity index (χ2n) is 6.60. The van der Waals surface area contributed by atoms with Gasteiger partial charge >= 0.3 is 0 Å². The van der Waals surface area contributed by atoms with Crippen LogP contribution in [-0.2, 0) is 14.6 Å². The van der Waals surface area contributed by atoms with E-state index < -0.39 is 26.4 Å². The maximum atomic E-state index is 13.2. The van der Waals surface area contributed by atoms with Crippen LogP contribution in [0.15, 0.2) is 53.4 Å². The van der Waals surface area contributed by atoms with E-state index in [9.17, 15) is 13.7 Å². The number of nitrogens with zero attached hydrogens (tertiary/aromatic N) is 1. The van der Waals surface area contributed by atoms with E-state index >= 15 is 0 Å². The first-order chi connectivity index (χ1) is 12.4. The normalized spacial score (nSPS) is 24.8. The molecule has 6 heteroatoms. The Balaban J connectivity index is 2.05. The summed E-state index contributed by atoms with van der Waals surface area (Å²) in [6.45, 7) is 4.32. The second kappa shape index (κ2) is 7.03. The molecule has 0 aliphatic heterocycles. The first kappa shape index (κ1) is 18.9. The van der Waals surface area contributed by atoms with Gasteiger partial charge in [0.2, 0.25) is 0 Å². The first-order valence-electron chi connectivity index (χ1n) is 8.42. The number of benzene rings is 2. The van der Waals surface area contributed by atoms with Gasteiger partial charge in [-0.15, -0.1) is 0 Å². The molecule has 2 aromatic carbocycles. The number of nitriles is 1. The van der Waals surface area contributed by atoms with Crippen molar-refractivity contribution in [2.45, 2.75) is 29.9 Å². The van der Waals surface area contributed by atoms with Crippen LogP contribution in [0.2, 0.25) is 5.02 Å². The first-order valence-corrected chi connectivity index (χ1v) is 10.3. The van der Waals surface area contributed by atoms with E-state index in [0.717, 1.165) is 11.1 Å². The van der Waals surface area contributed by atoms with E-state index in [-0.39, 0.29) is 11.5 Å². The fourth-order valence-electron chi connectivity index (χ4n) is 3.49. The number of rotatable bonds is 6. The highest BCUT2D eigenvalue weighted by Crippen LogP contribution is 2.63. The topological polar surface area (TPSA) is 67.2 Å². The smallest absolute Gasteiger partial charge is 0.183 e. The minimum Gasteiger partial charge on any atom is -0.380 e. The Morgan fingerprint density at radius 2 is 1.77 bits per heavy atom. The van der Waals surface area contributed by atoms with Gasteiger partial charge in [-0.25, -0.2) is 8.42 Å². The van der Waals surface area contributed by atoms with Crippen LogP contribution in [0.1, 0.15) is 24.0 Å². The third-order valence-corrected chi connectivity index (χ3v) is 7.47. The van der Waals surface area contributed by atoms with E-state index in [1.54, 1.807) is 12.1 Å². The highest BCUT2D eigenvalue weighted by atomic mass is 35.5. The molecule has 3 rings (SSSR count). The van der Waals surface area contributed by atoms with Crippen LogP contribution in [0.5, 0.6) is 0 Å². The van der Waals surface area contributed by atoms with E-state index in [1.807, 2.05) is 38.1 Å². The molecule has 3 atom stereocenters. The Morgan fingerprint density at radius 1 is 1.15 bits per heavy atom. The lowest BCUT2D eigenvalue weighted by Crippen LogP contribution is -2.19. The lowest BCUT2D eigenvalue weighted by atomic mass is 10.0. The lowest BCUT2D eigenvalue weighted by Gasteiger charge is -2.10. The summed E-state index contributed by atoms with van der Waals surface area (Å²) in [5, 5.41) is 9.51. The van der Waals surface area contributed by atoms with Gasteiger partial charge in [0.15, 0.2) is 9.84 Å². The molecule has 0 amide bonds. The van der Waals surface area contributed by atoms with Gasteiger partial charge in [0.1, 0.15) is 5.41 Å². The monoisotopic (exact) mass is 389 g/mol. The van der Waals surface area contributed by atoms with Crippen molar-refractivity contribution in [1.82, 2.24) is 0 Å². The molecule has 0 heterocycles.